The van der Waals surface area contributed by atoms with Gasteiger partial charge in [-0.3, -0.25) is 4.18 Å². The number of aliphatic hydroxyl groups is 1. The van der Waals surface area contributed by atoms with Gasteiger partial charge < -0.3 is 19.9 Å². The van der Waals surface area contributed by atoms with Gasteiger partial charge in [0.05, 0.1) is 17.4 Å². The zero-order chi connectivity index (χ0) is 29.9. The summed E-state index contributed by atoms with van der Waals surface area (Å²) >= 11 is 0. The van der Waals surface area contributed by atoms with Crippen molar-refractivity contribution in [1.29, 1.82) is 0 Å². The van der Waals surface area contributed by atoms with E-state index in [1.54, 1.807) is 61.5 Å². The van der Waals surface area contributed by atoms with Gasteiger partial charge in [0, 0.05) is 19.2 Å². The molecule has 3 aromatic rings. The van der Waals surface area contributed by atoms with Crippen molar-refractivity contribution in [2.75, 3.05) is 19.4 Å². The Balaban J connectivity index is 0.00000178. The van der Waals surface area contributed by atoms with Crippen LogP contribution in [0, 0.1) is 13.8 Å². The van der Waals surface area contributed by atoms with Crippen molar-refractivity contribution < 1.29 is 36.8 Å². The van der Waals surface area contributed by atoms with E-state index in [4.69, 9.17) is 18.8 Å². The number of carbonyl (C=O) groups excluding carboxylic acids is 2. The van der Waals surface area contributed by atoms with Gasteiger partial charge in [-0.05, 0) is 62.7 Å². The lowest BCUT2D eigenvalue weighted by atomic mass is 10.1. The van der Waals surface area contributed by atoms with Gasteiger partial charge in [0.2, 0.25) is 0 Å². The second-order valence-electron chi connectivity index (χ2n) is 9.39. The lowest BCUT2D eigenvalue weighted by molar-refractivity contribution is 0.0681. The molecule has 0 bridgehead atoms. The summed E-state index contributed by atoms with van der Waals surface area (Å²) in [7, 11) is -3.80. The lowest BCUT2D eigenvalue weighted by Crippen LogP contribution is -2.30. The molecule has 40 heavy (non-hydrogen) atoms. The van der Waals surface area contributed by atoms with E-state index in [1.165, 1.54) is 12.1 Å². The fraction of sp³-hybridized carbons (Fsp3) is 0.333. The van der Waals surface area contributed by atoms with E-state index in [2.05, 4.69) is 5.32 Å². The van der Waals surface area contributed by atoms with Crippen LogP contribution in [0.15, 0.2) is 66.7 Å². The van der Waals surface area contributed by atoms with Crippen molar-refractivity contribution in [3.05, 3.63) is 94.5 Å². The fourth-order valence-corrected chi connectivity index (χ4v) is 3.95. The van der Waals surface area contributed by atoms with Gasteiger partial charge in [-0.1, -0.05) is 55.3 Å². The number of esters is 2. The molecule has 3 rings (SSSR count). The molecule has 0 aromatic heterocycles. The van der Waals surface area contributed by atoms with Gasteiger partial charge in [-0.15, -0.1) is 0 Å². The van der Waals surface area contributed by atoms with E-state index in [9.17, 15) is 18.0 Å². The summed E-state index contributed by atoms with van der Waals surface area (Å²) in [5.41, 5.74) is 3.01. The number of carbonyl (C=O) groups is 2. The molecule has 0 fully saturated rings. The Hall–Kier alpha value is -3.57. The van der Waals surface area contributed by atoms with Crippen LogP contribution in [-0.2, 0) is 14.3 Å². The smallest absolute Gasteiger partial charge is 0.343 e. The zero-order valence-electron chi connectivity index (χ0n) is 23.6. The molecule has 3 aromatic carbocycles. The summed E-state index contributed by atoms with van der Waals surface area (Å²) < 4.78 is 40.3. The lowest BCUT2D eigenvalue weighted by Gasteiger charge is -2.20. The molecule has 0 aliphatic rings. The fourth-order valence-electron chi connectivity index (χ4n) is 3.35. The molecule has 216 valence electrons. The van der Waals surface area contributed by atoms with Crippen LogP contribution in [0.4, 0.5) is 0 Å². The highest BCUT2D eigenvalue weighted by Gasteiger charge is 2.23. The van der Waals surface area contributed by atoms with E-state index in [-0.39, 0.29) is 30.7 Å². The van der Waals surface area contributed by atoms with Crippen molar-refractivity contribution in [2.24, 2.45) is 0 Å². The highest BCUT2D eigenvalue weighted by molar-refractivity contribution is 7.86. The Morgan fingerprint density at radius 2 is 1.27 bits per heavy atom. The Morgan fingerprint density at radius 1 is 0.825 bits per heavy atom. The zero-order valence-corrected chi connectivity index (χ0v) is 24.4. The minimum atomic E-state index is -3.80. The SMILES string of the molecule is CCO.Cc1ccc(C(=O)Oc2ccc(C(CNC(C)C)OS(C)(=O)=O)cc2OC(=O)c2ccc(C)cc2)cc1. The van der Waals surface area contributed by atoms with Gasteiger partial charge >= 0.3 is 11.9 Å². The maximum atomic E-state index is 12.9. The summed E-state index contributed by atoms with van der Waals surface area (Å²) in [6.07, 6.45) is 0.0573. The first kappa shape index (κ1) is 32.6. The van der Waals surface area contributed by atoms with Crippen molar-refractivity contribution in [3.63, 3.8) is 0 Å². The van der Waals surface area contributed by atoms with Crippen molar-refractivity contribution >= 4 is 22.1 Å². The minimum Gasteiger partial charge on any atom is -0.419 e. The number of benzene rings is 3. The third-order valence-corrected chi connectivity index (χ3v) is 5.90. The van der Waals surface area contributed by atoms with Crippen LogP contribution >= 0.6 is 0 Å². The highest BCUT2D eigenvalue weighted by Crippen LogP contribution is 2.33. The second-order valence-corrected chi connectivity index (χ2v) is 11.0. The molecular formula is C30H37NO8S. The number of nitrogens with one attached hydrogen (secondary N) is 1. The number of ether oxygens (including phenoxy) is 2. The molecule has 9 nitrogen and oxygen atoms in total. The molecular weight excluding hydrogens is 534 g/mol. The summed E-state index contributed by atoms with van der Waals surface area (Å²) in [5, 5.41) is 10.7. The molecule has 2 N–H and O–H groups in total. The first-order chi connectivity index (χ1) is 18.8. The Morgan fingerprint density at radius 3 is 1.70 bits per heavy atom. The van der Waals surface area contributed by atoms with Crippen LogP contribution in [0.3, 0.4) is 0 Å². The molecule has 0 spiro atoms. The quantitative estimate of drug-likeness (QED) is 0.201. The van der Waals surface area contributed by atoms with Crippen molar-refractivity contribution in [1.82, 2.24) is 5.32 Å². The van der Waals surface area contributed by atoms with Gasteiger partial charge in [0.25, 0.3) is 10.1 Å². The topological polar surface area (TPSA) is 128 Å². The monoisotopic (exact) mass is 571 g/mol. The molecule has 0 radical (unpaired) electrons. The van der Waals surface area contributed by atoms with Gasteiger partial charge in [0.1, 0.15) is 6.10 Å². The summed E-state index contributed by atoms with van der Waals surface area (Å²) in [4.78, 5) is 25.7. The summed E-state index contributed by atoms with van der Waals surface area (Å²) in [6.45, 7) is 9.74. The van der Waals surface area contributed by atoms with Crippen LogP contribution < -0.4 is 14.8 Å². The average molecular weight is 572 g/mol. The number of aliphatic hydroxyl groups excluding tert-OH is 1. The average Bonchev–Trinajstić information content (AvgIpc) is 2.88. The Labute approximate surface area is 236 Å². The number of hydrogen-bond acceptors (Lipinski definition) is 9. The minimum absolute atomic E-state index is 0.00436. The van der Waals surface area contributed by atoms with E-state index in [0.717, 1.165) is 17.4 Å². The molecule has 0 aliphatic heterocycles. The highest BCUT2D eigenvalue weighted by atomic mass is 32.2. The maximum absolute atomic E-state index is 12.9. The predicted octanol–water partition coefficient (Wildman–Crippen LogP) is 4.76. The maximum Gasteiger partial charge on any atom is 0.343 e. The third kappa shape index (κ3) is 10.9. The molecule has 1 atom stereocenters. The van der Waals surface area contributed by atoms with Crippen molar-refractivity contribution in [2.45, 2.75) is 46.8 Å². The number of aryl methyl sites for hydroxylation is 2. The van der Waals surface area contributed by atoms with Gasteiger partial charge in [0.15, 0.2) is 11.5 Å². The second kappa shape index (κ2) is 15.3. The number of hydrogen-bond donors (Lipinski definition) is 2. The molecule has 10 heteroatoms. The number of rotatable bonds is 10. The van der Waals surface area contributed by atoms with Gasteiger partial charge in [-0.2, -0.15) is 8.42 Å². The molecule has 0 amide bonds. The summed E-state index contributed by atoms with van der Waals surface area (Å²) in [6, 6.07) is 18.2. The molecule has 0 aliphatic carbocycles. The molecule has 0 saturated carbocycles. The Bertz CT molecular complexity index is 1370. The van der Waals surface area contributed by atoms with E-state index < -0.39 is 28.2 Å². The van der Waals surface area contributed by atoms with Crippen LogP contribution in [0.2, 0.25) is 0 Å². The summed E-state index contributed by atoms with van der Waals surface area (Å²) in [5.74, 6) is -1.34. The molecule has 0 heterocycles. The normalized spacial score (nSPS) is 11.8. The largest absolute Gasteiger partial charge is 0.419 e. The Kier molecular flexibility index (Phi) is 12.5. The van der Waals surface area contributed by atoms with E-state index in [1.807, 2.05) is 27.7 Å². The molecule has 0 saturated heterocycles. The van der Waals surface area contributed by atoms with Crippen LogP contribution in [0.25, 0.3) is 0 Å². The van der Waals surface area contributed by atoms with Gasteiger partial charge in [-0.25, -0.2) is 9.59 Å². The van der Waals surface area contributed by atoms with E-state index >= 15 is 0 Å². The van der Waals surface area contributed by atoms with Crippen LogP contribution in [0.1, 0.15) is 64.3 Å². The first-order valence-electron chi connectivity index (χ1n) is 12.8. The molecule has 1 unspecified atom stereocenters. The standard InChI is InChI=1S/C28H31NO7S.C2H6O/c1-18(2)29-17-26(36-37(5,32)33)23-14-15-24(34-27(30)21-10-6-19(3)7-11-21)25(16-23)35-28(31)22-12-8-20(4)9-13-22;1-2-3/h6-16,18,26,29H,17H2,1-5H3;3H,2H2,1H3. The first-order valence-corrected chi connectivity index (χ1v) is 14.6. The predicted molar refractivity (Wildman–Crippen MR) is 153 cm³/mol. The van der Waals surface area contributed by atoms with Crippen molar-refractivity contribution in [3.8, 4) is 11.5 Å². The third-order valence-electron chi connectivity index (χ3n) is 5.32. The van der Waals surface area contributed by atoms with Crippen LogP contribution in [-0.4, -0.2) is 50.9 Å². The van der Waals surface area contributed by atoms with Crippen LogP contribution in [0.5, 0.6) is 11.5 Å². The van der Waals surface area contributed by atoms with E-state index in [0.29, 0.717) is 16.7 Å².